The van der Waals surface area contributed by atoms with E-state index in [1.54, 1.807) is 11.8 Å². The third-order valence-electron chi connectivity index (χ3n) is 5.04. The minimum Gasteiger partial charge on any atom is -0.461 e. The summed E-state index contributed by atoms with van der Waals surface area (Å²) in [4.78, 5) is 37.4. The predicted molar refractivity (Wildman–Crippen MR) is 97.4 cm³/mol. The first-order valence-electron chi connectivity index (χ1n) is 9.22. The van der Waals surface area contributed by atoms with Gasteiger partial charge in [-0.15, -0.1) is 0 Å². The molecule has 2 fully saturated rings. The van der Waals surface area contributed by atoms with E-state index in [0.717, 1.165) is 24.0 Å². The molecule has 7 nitrogen and oxygen atoms in total. The van der Waals surface area contributed by atoms with Crippen LogP contribution in [0.2, 0.25) is 0 Å². The average Bonchev–Trinajstić information content (AvgIpc) is 2.95. The highest BCUT2D eigenvalue weighted by Crippen LogP contribution is 2.39. The van der Waals surface area contributed by atoms with Gasteiger partial charge in [-0.1, -0.05) is 30.3 Å². The molecule has 2 heterocycles. The minimum absolute atomic E-state index is 0.0279. The topological polar surface area (TPSA) is 84.9 Å². The largest absolute Gasteiger partial charge is 0.461 e. The number of carbonyl (C=O) groups excluding carboxylic acids is 3. The first kappa shape index (κ1) is 18.9. The first-order valence-corrected chi connectivity index (χ1v) is 9.22. The number of nitrogens with one attached hydrogen (secondary N) is 1. The number of fused-ring (bicyclic) bond motifs is 2. The van der Waals surface area contributed by atoms with Crippen LogP contribution in [0.25, 0.3) is 0 Å². The molecule has 1 N–H and O–H groups in total. The third-order valence-corrected chi connectivity index (χ3v) is 5.04. The monoisotopic (exact) mass is 372 g/mol. The number of nitrogens with zero attached hydrogens (tertiary/aromatic N) is 1. The average molecular weight is 372 g/mol. The Kier molecular flexibility index (Phi) is 6.11. The molecule has 2 saturated heterocycles. The van der Waals surface area contributed by atoms with E-state index < -0.39 is 5.97 Å². The summed E-state index contributed by atoms with van der Waals surface area (Å²) in [7, 11) is 0. The molecule has 0 saturated carbocycles. The molecule has 2 atom stereocenters. The van der Waals surface area contributed by atoms with Crippen LogP contribution >= 0.6 is 0 Å². The normalized spacial score (nSPS) is 22.8. The summed E-state index contributed by atoms with van der Waals surface area (Å²) < 4.78 is 10.5. The molecule has 1 aromatic carbocycles. The lowest BCUT2D eigenvalue weighted by Gasteiger charge is -2.35. The number of hydrogen-bond acceptors (Lipinski definition) is 5. The Bertz CT molecular complexity index is 715. The van der Waals surface area contributed by atoms with Crippen molar-refractivity contribution in [2.45, 2.75) is 51.3 Å². The molecule has 27 heavy (non-hydrogen) atoms. The second-order valence-electron chi connectivity index (χ2n) is 6.70. The number of rotatable bonds is 6. The summed E-state index contributed by atoms with van der Waals surface area (Å²) in [5, 5.41) is 2.49. The third kappa shape index (κ3) is 4.30. The number of carbonyl (C=O) groups is 3. The minimum atomic E-state index is -0.529. The summed E-state index contributed by atoms with van der Waals surface area (Å²) in [5.74, 6) is -0.529. The lowest BCUT2D eigenvalue weighted by Crippen LogP contribution is -2.45. The molecule has 2 aliphatic heterocycles. The fraction of sp³-hybridized carbons (Fsp3) is 0.450. The predicted octanol–water partition coefficient (Wildman–Crippen LogP) is 2.51. The Labute approximate surface area is 158 Å². The van der Waals surface area contributed by atoms with Crippen molar-refractivity contribution in [2.75, 3.05) is 6.61 Å². The molecule has 0 unspecified atom stereocenters. The van der Waals surface area contributed by atoms with Gasteiger partial charge in [0, 0.05) is 12.1 Å². The maximum Gasteiger partial charge on any atom is 0.410 e. The van der Waals surface area contributed by atoms with Crippen molar-refractivity contribution in [1.29, 1.82) is 0 Å². The number of piperidine rings is 1. The second-order valence-corrected chi connectivity index (χ2v) is 6.70. The number of benzene rings is 1. The molecular weight excluding hydrogens is 348 g/mol. The lowest BCUT2D eigenvalue weighted by molar-refractivity contribution is -0.139. The van der Waals surface area contributed by atoms with E-state index in [1.807, 2.05) is 30.3 Å². The van der Waals surface area contributed by atoms with Gasteiger partial charge < -0.3 is 19.7 Å². The highest BCUT2D eigenvalue weighted by Gasteiger charge is 2.43. The smallest absolute Gasteiger partial charge is 0.410 e. The Morgan fingerprint density at radius 2 is 1.81 bits per heavy atom. The molecule has 2 bridgehead atoms. The van der Waals surface area contributed by atoms with Gasteiger partial charge in [-0.05, 0) is 43.7 Å². The van der Waals surface area contributed by atoms with Crippen LogP contribution in [0.1, 0.15) is 38.2 Å². The number of ether oxygens (including phenoxy) is 2. The van der Waals surface area contributed by atoms with Gasteiger partial charge in [0.25, 0.3) is 0 Å². The molecule has 0 radical (unpaired) electrons. The number of esters is 1. The Hall–Kier alpha value is -2.83. The van der Waals surface area contributed by atoms with E-state index in [-0.39, 0.29) is 37.1 Å². The van der Waals surface area contributed by atoms with Gasteiger partial charge in [0.05, 0.1) is 6.61 Å². The molecule has 1 aromatic rings. The van der Waals surface area contributed by atoms with E-state index >= 15 is 0 Å². The van der Waals surface area contributed by atoms with Crippen molar-refractivity contribution in [3.63, 3.8) is 0 Å². The highest BCUT2D eigenvalue weighted by molar-refractivity contribution is 5.91. The van der Waals surface area contributed by atoms with Crippen LogP contribution in [0.5, 0.6) is 0 Å². The van der Waals surface area contributed by atoms with Crippen LogP contribution in [0.4, 0.5) is 4.79 Å². The highest BCUT2D eigenvalue weighted by atomic mass is 16.6. The zero-order valence-electron chi connectivity index (χ0n) is 15.3. The number of hydrogen-bond donors (Lipinski definition) is 1. The van der Waals surface area contributed by atoms with E-state index in [4.69, 9.17) is 9.47 Å². The molecular formula is C20H24N2O5. The van der Waals surface area contributed by atoms with Gasteiger partial charge in [-0.2, -0.15) is 0 Å². The zero-order chi connectivity index (χ0) is 19.2. The van der Waals surface area contributed by atoms with Crippen molar-refractivity contribution >= 4 is 18.5 Å². The van der Waals surface area contributed by atoms with Crippen LogP contribution in [-0.2, 0) is 25.7 Å². The van der Waals surface area contributed by atoms with Crippen molar-refractivity contribution in [2.24, 2.45) is 0 Å². The maximum absolute atomic E-state index is 12.6. The Morgan fingerprint density at radius 3 is 2.41 bits per heavy atom. The van der Waals surface area contributed by atoms with Gasteiger partial charge in [0.15, 0.2) is 0 Å². The van der Waals surface area contributed by atoms with E-state index in [9.17, 15) is 14.4 Å². The summed E-state index contributed by atoms with van der Waals surface area (Å²) in [6, 6.07) is 9.49. The van der Waals surface area contributed by atoms with Gasteiger partial charge >= 0.3 is 12.1 Å². The van der Waals surface area contributed by atoms with Crippen molar-refractivity contribution in [3.05, 3.63) is 47.2 Å². The molecule has 2 amide bonds. The molecule has 2 aliphatic rings. The van der Waals surface area contributed by atoms with Crippen LogP contribution in [0.15, 0.2) is 41.6 Å². The molecule has 7 heteroatoms. The van der Waals surface area contributed by atoms with Crippen LogP contribution in [0, 0.1) is 0 Å². The fourth-order valence-corrected chi connectivity index (χ4v) is 3.88. The summed E-state index contributed by atoms with van der Waals surface area (Å²) in [6.45, 7) is 2.19. The maximum atomic E-state index is 12.6. The van der Waals surface area contributed by atoms with Gasteiger partial charge in [0.1, 0.15) is 12.3 Å². The molecule has 0 spiro atoms. The standard InChI is InChI=1S/C20H24N2O5/c1-2-26-19(24)18(21-13-23)15-10-16-8-9-17(11-15)22(16)20(25)27-12-14-6-4-3-5-7-14/h3-7,13,16-17H,2,8-12H2,1H3,(H,21,23)/t16-,17+. The van der Waals surface area contributed by atoms with E-state index in [2.05, 4.69) is 5.32 Å². The lowest BCUT2D eigenvalue weighted by atomic mass is 9.95. The SMILES string of the molecule is CCOC(=O)C(NC=O)=C1C[C@H]2CC[C@@H](C1)N2C(=O)OCc1ccccc1. The van der Waals surface area contributed by atoms with Crippen molar-refractivity contribution in [1.82, 2.24) is 10.2 Å². The van der Waals surface area contributed by atoms with Gasteiger partial charge in [0.2, 0.25) is 6.41 Å². The summed E-state index contributed by atoms with van der Waals surface area (Å²) in [6.07, 6.45) is 2.93. The van der Waals surface area contributed by atoms with Crippen molar-refractivity contribution < 1.29 is 23.9 Å². The van der Waals surface area contributed by atoms with Gasteiger partial charge in [-0.3, -0.25) is 4.79 Å². The first-order chi connectivity index (χ1) is 13.1. The molecule has 144 valence electrons. The summed E-state index contributed by atoms with van der Waals surface area (Å²) >= 11 is 0. The van der Waals surface area contributed by atoms with Crippen molar-refractivity contribution in [3.8, 4) is 0 Å². The Balaban J connectivity index is 1.68. The molecule has 0 aliphatic carbocycles. The van der Waals surface area contributed by atoms with Crippen LogP contribution < -0.4 is 5.32 Å². The van der Waals surface area contributed by atoms with Gasteiger partial charge in [-0.25, -0.2) is 9.59 Å². The van der Waals surface area contributed by atoms with E-state index in [0.29, 0.717) is 19.3 Å². The van der Waals surface area contributed by atoms with E-state index in [1.165, 1.54) is 0 Å². The fourth-order valence-electron chi connectivity index (χ4n) is 3.88. The zero-order valence-corrected chi connectivity index (χ0v) is 15.3. The number of amides is 2. The Morgan fingerprint density at radius 1 is 1.15 bits per heavy atom. The molecule has 3 rings (SSSR count). The van der Waals surface area contributed by atoms with Crippen LogP contribution in [-0.4, -0.2) is 42.1 Å². The van der Waals surface area contributed by atoms with Crippen LogP contribution in [0.3, 0.4) is 0 Å². The second kappa shape index (κ2) is 8.70. The quantitative estimate of drug-likeness (QED) is 0.471. The summed E-state index contributed by atoms with van der Waals surface area (Å²) in [5.41, 5.74) is 1.98. The molecule has 0 aromatic heterocycles.